The molecule has 0 spiro atoms. The van der Waals surface area contributed by atoms with E-state index in [9.17, 15) is 0 Å². The van der Waals surface area contributed by atoms with E-state index in [2.05, 4.69) is 35.1 Å². The minimum atomic E-state index is 0.530. The second-order valence-corrected chi connectivity index (χ2v) is 6.53. The molecule has 25 heavy (non-hydrogen) atoms. The van der Waals surface area contributed by atoms with Crippen molar-refractivity contribution >= 4 is 11.6 Å². The van der Waals surface area contributed by atoms with Crippen LogP contribution < -0.4 is 4.74 Å². The van der Waals surface area contributed by atoms with Crippen molar-refractivity contribution in [1.29, 1.82) is 0 Å². The molecule has 3 rings (SSSR count). The van der Waals surface area contributed by atoms with Crippen LogP contribution in [-0.4, -0.2) is 16.9 Å². The van der Waals surface area contributed by atoms with Gasteiger partial charge in [-0.3, -0.25) is 9.88 Å². The number of nitrogens with zero attached hydrogens (tertiary/aromatic N) is 2. The summed E-state index contributed by atoms with van der Waals surface area (Å²) in [5.74, 6) is 0.866. The Kier molecular flexibility index (Phi) is 6.04. The Balaban J connectivity index is 1.51. The topological polar surface area (TPSA) is 25.4 Å². The molecular weight excluding hydrogens is 332 g/mol. The molecule has 2 aromatic carbocycles. The predicted octanol–water partition coefficient (Wildman–Crippen LogP) is 4.95. The van der Waals surface area contributed by atoms with Crippen molar-refractivity contribution in [2.24, 2.45) is 0 Å². The quantitative estimate of drug-likeness (QED) is 0.601. The lowest BCUT2D eigenvalue weighted by Crippen LogP contribution is -2.17. The van der Waals surface area contributed by atoms with E-state index in [-0.39, 0.29) is 0 Å². The molecule has 1 heterocycles. The number of ether oxygens (including phenoxy) is 1. The number of rotatable bonds is 7. The molecule has 0 fully saturated rings. The minimum Gasteiger partial charge on any atom is -0.489 e. The molecule has 0 aliphatic heterocycles. The maximum atomic E-state index is 6.04. The molecule has 1 aromatic heterocycles. The molecule has 0 bridgehead atoms. The lowest BCUT2D eigenvalue weighted by Gasteiger charge is -2.17. The van der Waals surface area contributed by atoms with Gasteiger partial charge in [0.25, 0.3) is 0 Å². The third kappa shape index (κ3) is 5.59. The van der Waals surface area contributed by atoms with E-state index >= 15 is 0 Å². The zero-order valence-corrected chi connectivity index (χ0v) is 15.0. The van der Waals surface area contributed by atoms with Gasteiger partial charge in [0.1, 0.15) is 12.4 Å². The highest BCUT2D eigenvalue weighted by molar-refractivity contribution is 6.30. The fourth-order valence-corrected chi connectivity index (χ4v) is 2.87. The summed E-state index contributed by atoms with van der Waals surface area (Å²) in [5, 5.41) is 0.779. The first-order valence-electron chi connectivity index (χ1n) is 8.23. The van der Waals surface area contributed by atoms with Crippen molar-refractivity contribution in [2.45, 2.75) is 19.7 Å². The predicted molar refractivity (Wildman–Crippen MR) is 102 cm³/mol. The Hall–Kier alpha value is -2.36. The van der Waals surface area contributed by atoms with Crippen LogP contribution in [-0.2, 0) is 19.7 Å². The van der Waals surface area contributed by atoms with E-state index in [1.54, 1.807) is 6.20 Å². The van der Waals surface area contributed by atoms with Crippen LogP contribution in [0.3, 0.4) is 0 Å². The van der Waals surface area contributed by atoms with Gasteiger partial charge in [0.15, 0.2) is 0 Å². The van der Waals surface area contributed by atoms with Gasteiger partial charge in [-0.15, -0.1) is 0 Å². The summed E-state index contributed by atoms with van der Waals surface area (Å²) in [5.41, 5.74) is 3.53. The van der Waals surface area contributed by atoms with Crippen molar-refractivity contribution in [2.75, 3.05) is 7.05 Å². The summed E-state index contributed by atoms with van der Waals surface area (Å²) in [6.07, 6.45) is 3.58. The number of halogens is 1. The van der Waals surface area contributed by atoms with Gasteiger partial charge in [-0.2, -0.15) is 0 Å². The number of aromatic nitrogens is 1. The lowest BCUT2D eigenvalue weighted by atomic mass is 10.2. The molecule has 3 aromatic rings. The molecule has 4 heteroatoms. The monoisotopic (exact) mass is 352 g/mol. The highest BCUT2D eigenvalue weighted by Crippen LogP contribution is 2.17. The highest BCUT2D eigenvalue weighted by atomic mass is 35.5. The average Bonchev–Trinajstić information content (AvgIpc) is 2.62. The first-order valence-corrected chi connectivity index (χ1v) is 8.60. The lowest BCUT2D eigenvalue weighted by molar-refractivity contribution is 0.304. The second-order valence-electron chi connectivity index (χ2n) is 6.10. The molecule has 0 unspecified atom stereocenters. The van der Waals surface area contributed by atoms with Gasteiger partial charge in [-0.1, -0.05) is 41.9 Å². The van der Waals surface area contributed by atoms with Gasteiger partial charge in [-0.25, -0.2) is 0 Å². The van der Waals surface area contributed by atoms with E-state index in [1.165, 1.54) is 11.1 Å². The maximum Gasteiger partial charge on any atom is 0.119 e. The van der Waals surface area contributed by atoms with Crippen molar-refractivity contribution in [1.82, 2.24) is 9.88 Å². The molecule has 128 valence electrons. The molecule has 0 aliphatic rings. The molecular formula is C21H21ClN2O. The third-order valence-corrected chi connectivity index (χ3v) is 4.08. The summed E-state index contributed by atoms with van der Waals surface area (Å²) in [6.45, 7) is 2.26. The van der Waals surface area contributed by atoms with E-state index in [0.29, 0.717) is 6.61 Å². The molecule has 0 atom stereocenters. The largest absolute Gasteiger partial charge is 0.489 e. The van der Waals surface area contributed by atoms with Crippen LogP contribution in [0.15, 0.2) is 73.1 Å². The Morgan fingerprint density at radius 2 is 1.68 bits per heavy atom. The number of hydrogen-bond donors (Lipinski definition) is 0. The second kappa shape index (κ2) is 8.65. The molecule has 0 amide bonds. The zero-order valence-electron chi connectivity index (χ0n) is 14.2. The van der Waals surface area contributed by atoms with Crippen LogP contribution in [0.4, 0.5) is 0 Å². The fraction of sp³-hybridized carbons (Fsp3) is 0.190. The fourth-order valence-electron chi connectivity index (χ4n) is 2.66. The number of pyridine rings is 1. The molecule has 0 aliphatic carbocycles. The van der Waals surface area contributed by atoms with Gasteiger partial charge >= 0.3 is 0 Å². The van der Waals surface area contributed by atoms with Gasteiger partial charge in [0.05, 0.1) is 0 Å². The van der Waals surface area contributed by atoms with E-state index in [0.717, 1.165) is 29.4 Å². The molecule has 0 N–H and O–H groups in total. The van der Waals surface area contributed by atoms with Crippen LogP contribution in [0, 0.1) is 0 Å². The van der Waals surface area contributed by atoms with Crippen LogP contribution in [0.25, 0.3) is 0 Å². The van der Waals surface area contributed by atoms with E-state index in [1.807, 2.05) is 48.7 Å². The Morgan fingerprint density at radius 1 is 0.920 bits per heavy atom. The summed E-state index contributed by atoms with van der Waals surface area (Å²) in [7, 11) is 2.10. The molecule has 3 nitrogen and oxygen atoms in total. The number of benzene rings is 2. The van der Waals surface area contributed by atoms with Crippen molar-refractivity contribution in [3.05, 3.63) is 94.8 Å². The summed E-state index contributed by atoms with van der Waals surface area (Å²) < 4.78 is 5.79. The third-order valence-electron chi connectivity index (χ3n) is 3.85. The molecule has 0 radical (unpaired) electrons. The Bertz CT molecular complexity index is 791. The van der Waals surface area contributed by atoms with Crippen LogP contribution in [0.1, 0.15) is 16.7 Å². The van der Waals surface area contributed by atoms with Gasteiger partial charge in [0.2, 0.25) is 0 Å². The normalized spacial score (nSPS) is 10.8. The number of hydrogen-bond acceptors (Lipinski definition) is 3. The van der Waals surface area contributed by atoms with Gasteiger partial charge in [-0.05, 0) is 48.5 Å². The SMILES string of the molecule is CN(Cc1ccc(OCc2cccnc2)cc1)Cc1cccc(Cl)c1. The molecule has 0 saturated heterocycles. The maximum absolute atomic E-state index is 6.04. The first kappa shape index (κ1) is 17.5. The van der Waals surface area contributed by atoms with Crippen molar-refractivity contribution < 1.29 is 4.74 Å². The summed E-state index contributed by atoms with van der Waals surface area (Å²) >= 11 is 6.04. The van der Waals surface area contributed by atoms with Crippen molar-refractivity contribution in [3.63, 3.8) is 0 Å². The smallest absolute Gasteiger partial charge is 0.119 e. The Labute approximate surface area is 153 Å². The minimum absolute atomic E-state index is 0.530. The van der Waals surface area contributed by atoms with Gasteiger partial charge < -0.3 is 4.74 Å². The van der Waals surface area contributed by atoms with Crippen molar-refractivity contribution in [3.8, 4) is 5.75 Å². The summed E-state index contributed by atoms with van der Waals surface area (Å²) in [4.78, 5) is 6.35. The van der Waals surface area contributed by atoms with E-state index < -0.39 is 0 Å². The van der Waals surface area contributed by atoms with Crippen LogP contribution in [0.2, 0.25) is 5.02 Å². The first-order chi connectivity index (χ1) is 12.2. The Morgan fingerprint density at radius 3 is 2.40 bits per heavy atom. The van der Waals surface area contributed by atoms with Crippen LogP contribution >= 0.6 is 11.6 Å². The van der Waals surface area contributed by atoms with E-state index in [4.69, 9.17) is 16.3 Å². The van der Waals surface area contributed by atoms with Gasteiger partial charge in [0, 0.05) is 36.1 Å². The summed E-state index contributed by atoms with van der Waals surface area (Å²) in [6, 6.07) is 20.1. The average molecular weight is 353 g/mol. The standard InChI is InChI=1S/C21H21ClN2O/c1-24(15-18-4-2-6-20(22)12-18)14-17-7-9-21(10-8-17)25-16-19-5-3-11-23-13-19/h2-13H,14-16H2,1H3. The van der Waals surface area contributed by atoms with Crippen LogP contribution in [0.5, 0.6) is 5.75 Å². The molecule has 0 saturated carbocycles. The highest BCUT2D eigenvalue weighted by Gasteiger charge is 2.03. The zero-order chi connectivity index (χ0) is 17.5.